The highest BCUT2D eigenvalue weighted by Gasteiger charge is 2.50. The second-order valence-corrected chi connectivity index (χ2v) is 9.43. The summed E-state index contributed by atoms with van der Waals surface area (Å²) in [5, 5.41) is 6.38. The summed E-state index contributed by atoms with van der Waals surface area (Å²) in [7, 11) is -5.26. The van der Waals surface area contributed by atoms with Crippen LogP contribution in [-0.4, -0.2) is 93.2 Å². The van der Waals surface area contributed by atoms with Gasteiger partial charge < -0.3 is 15.4 Å². The maximum atomic E-state index is 12.7. The Bertz CT molecular complexity index is 658. The van der Waals surface area contributed by atoms with Crippen molar-refractivity contribution in [2.75, 3.05) is 45.9 Å². The molecule has 0 radical (unpaired) electrons. The third-order valence-corrected chi connectivity index (χ3v) is 6.90. The van der Waals surface area contributed by atoms with Gasteiger partial charge in [0.1, 0.15) is 0 Å². The van der Waals surface area contributed by atoms with Gasteiger partial charge in [-0.25, -0.2) is 8.42 Å². The molecule has 2 N–H and O–H groups in total. The van der Waals surface area contributed by atoms with Crippen molar-refractivity contribution >= 4 is 40.0 Å². The maximum Gasteiger partial charge on any atom is 0.511 e. The van der Waals surface area contributed by atoms with Crippen molar-refractivity contribution in [3.8, 4) is 0 Å². The van der Waals surface area contributed by atoms with Crippen LogP contribution in [0, 0.1) is 0 Å². The smallest absolute Gasteiger partial charge is 0.379 e. The molecule has 2 aliphatic rings. The Kier molecular flexibility index (Phi) is 11.1. The standard InChI is InChI=1S/C17H32F3N5O3S.HI/c1-4-21-16(22-11-13(2)25-9-10-28-12-14(25)3)23-15-5-7-24(8-6-15)29(26,27)17(18,19)20;/h13-15H,4-12H2,1-3H3,(H2,21,22,23);1H. The van der Waals surface area contributed by atoms with Crippen LogP contribution >= 0.6 is 24.0 Å². The molecule has 2 aliphatic heterocycles. The van der Waals surface area contributed by atoms with E-state index in [2.05, 4.69) is 34.4 Å². The number of nitrogens with one attached hydrogen (secondary N) is 2. The predicted molar refractivity (Wildman–Crippen MR) is 121 cm³/mol. The molecular formula is C17H33F3IN5O3S. The molecule has 2 unspecified atom stereocenters. The Morgan fingerprint density at radius 3 is 2.43 bits per heavy atom. The first-order valence-corrected chi connectivity index (χ1v) is 11.4. The molecule has 0 saturated carbocycles. The highest BCUT2D eigenvalue weighted by molar-refractivity contribution is 14.0. The monoisotopic (exact) mass is 571 g/mol. The van der Waals surface area contributed by atoms with Gasteiger partial charge in [0.15, 0.2) is 5.96 Å². The molecule has 0 aromatic heterocycles. The fourth-order valence-corrected chi connectivity index (χ4v) is 4.61. The summed E-state index contributed by atoms with van der Waals surface area (Å²) >= 11 is 0. The molecule has 0 aromatic rings. The van der Waals surface area contributed by atoms with Gasteiger partial charge in [0, 0.05) is 44.3 Å². The van der Waals surface area contributed by atoms with E-state index in [9.17, 15) is 21.6 Å². The molecule has 2 fully saturated rings. The van der Waals surface area contributed by atoms with Crippen LogP contribution in [0.3, 0.4) is 0 Å². The number of hydrogen-bond donors (Lipinski definition) is 2. The third-order valence-electron chi connectivity index (χ3n) is 5.27. The Morgan fingerprint density at radius 1 is 1.27 bits per heavy atom. The predicted octanol–water partition coefficient (Wildman–Crippen LogP) is 1.58. The first kappa shape index (κ1) is 27.7. The van der Waals surface area contributed by atoms with Gasteiger partial charge >= 0.3 is 15.5 Å². The average molecular weight is 571 g/mol. The molecule has 8 nitrogen and oxygen atoms in total. The molecule has 2 atom stereocenters. The summed E-state index contributed by atoms with van der Waals surface area (Å²) in [4.78, 5) is 6.97. The van der Waals surface area contributed by atoms with E-state index in [1.54, 1.807) is 0 Å². The Hall–Kier alpha value is -0.380. The van der Waals surface area contributed by atoms with Crippen LogP contribution in [0.1, 0.15) is 33.6 Å². The number of piperidine rings is 1. The first-order chi connectivity index (χ1) is 13.6. The summed E-state index contributed by atoms with van der Waals surface area (Å²) < 4.78 is 67.1. The number of halogens is 4. The van der Waals surface area contributed by atoms with Crippen LogP contribution in [0.4, 0.5) is 13.2 Å². The van der Waals surface area contributed by atoms with E-state index >= 15 is 0 Å². The SMILES string of the molecule is CCNC(=NCC(C)N1CCOCC1C)NC1CCN(S(=O)(=O)C(F)(F)F)CC1.I. The van der Waals surface area contributed by atoms with Crippen molar-refractivity contribution in [1.29, 1.82) is 0 Å². The summed E-state index contributed by atoms with van der Waals surface area (Å²) in [6, 6.07) is 0.414. The summed E-state index contributed by atoms with van der Waals surface area (Å²) in [5.74, 6) is 0.595. The lowest BCUT2D eigenvalue weighted by atomic mass is 10.1. The lowest BCUT2D eigenvalue weighted by Gasteiger charge is -2.37. The number of guanidine groups is 1. The molecule has 178 valence electrons. The molecule has 0 bridgehead atoms. The van der Waals surface area contributed by atoms with Crippen molar-refractivity contribution < 1.29 is 26.3 Å². The van der Waals surface area contributed by atoms with Crippen LogP contribution in [-0.2, 0) is 14.8 Å². The van der Waals surface area contributed by atoms with E-state index in [4.69, 9.17) is 4.74 Å². The summed E-state index contributed by atoms with van der Waals surface area (Å²) in [6.07, 6.45) is 0.575. The zero-order chi connectivity index (χ0) is 21.7. The van der Waals surface area contributed by atoms with Crippen LogP contribution < -0.4 is 10.6 Å². The lowest BCUT2D eigenvalue weighted by molar-refractivity contribution is -0.0494. The molecule has 0 amide bonds. The molecule has 2 rings (SSSR count). The fraction of sp³-hybridized carbons (Fsp3) is 0.941. The molecule has 0 aliphatic carbocycles. The number of sulfonamides is 1. The van der Waals surface area contributed by atoms with Gasteiger partial charge in [-0.2, -0.15) is 17.5 Å². The number of hydrogen-bond acceptors (Lipinski definition) is 5. The van der Waals surface area contributed by atoms with Crippen molar-refractivity contribution in [3.05, 3.63) is 0 Å². The van der Waals surface area contributed by atoms with E-state index in [0.717, 1.165) is 6.54 Å². The number of rotatable bonds is 6. The van der Waals surface area contributed by atoms with Crippen molar-refractivity contribution in [3.63, 3.8) is 0 Å². The number of ether oxygens (including phenoxy) is 1. The quantitative estimate of drug-likeness (QED) is 0.286. The van der Waals surface area contributed by atoms with E-state index in [1.807, 2.05) is 6.92 Å². The van der Waals surface area contributed by atoms with Crippen molar-refractivity contribution in [2.24, 2.45) is 4.99 Å². The zero-order valence-electron chi connectivity index (χ0n) is 17.6. The van der Waals surface area contributed by atoms with Crippen LogP contribution in [0.25, 0.3) is 0 Å². The highest BCUT2D eigenvalue weighted by atomic mass is 127. The average Bonchev–Trinajstić information content (AvgIpc) is 2.66. The topological polar surface area (TPSA) is 86.3 Å². The maximum absolute atomic E-state index is 12.7. The summed E-state index contributed by atoms with van der Waals surface area (Å²) in [5.41, 5.74) is -5.25. The lowest BCUT2D eigenvalue weighted by Crippen LogP contribution is -2.52. The Labute approximate surface area is 194 Å². The van der Waals surface area contributed by atoms with Gasteiger partial charge in [0.05, 0.1) is 19.8 Å². The Morgan fingerprint density at radius 2 is 1.90 bits per heavy atom. The highest BCUT2D eigenvalue weighted by Crippen LogP contribution is 2.28. The molecular weight excluding hydrogens is 538 g/mol. The molecule has 0 spiro atoms. The third kappa shape index (κ3) is 7.35. The van der Waals surface area contributed by atoms with Gasteiger partial charge in [-0.15, -0.1) is 24.0 Å². The van der Waals surface area contributed by atoms with Crippen LogP contribution in [0.15, 0.2) is 4.99 Å². The van der Waals surface area contributed by atoms with Gasteiger partial charge in [-0.3, -0.25) is 9.89 Å². The minimum Gasteiger partial charge on any atom is -0.379 e. The zero-order valence-corrected chi connectivity index (χ0v) is 20.8. The normalized spacial score (nSPS) is 24.2. The number of alkyl halides is 3. The second-order valence-electron chi connectivity index (χ2n) is 7.50. The molecule has 13 heteroatoms. The largest absolute Gasteiger partial charge is 0.511 e. The van der Waals surface area contributed by atoms with Gasteiger partial charge in [0.2, 0.25) is 0 Å². The van der Waals surface area contributed by atoms with Gasteiger partial charge in [-0.05, 0) is 33.6 Å². The number of morpholine rings is 1. The van der Waals surface area contributed by atoms with E-state index < -0.39 is 15.5 Å². The van der Waals surface area contributed by atoms with E-state index in [1.165, 1.54) is 0 Å². The van der Waals surface area contributed by atoms with Crippen LogP contribution in [0.5, 0.6) is 0 Å². The number of nitrogens with zero attached hydrogens (tertiary/aromatic N) is 3. The minimum absolute atomic E-state index is 0. The van der Waals surface area contributed by atoms with E-state index in [0.29, 0.717) is 42.6 Å². The van der Waals surface area contributed by atoms with Gasteiger partial charge in [0.25, 0.3) is 0 Å². The Balaban J connectivity index is 0.00000450. The molecule has 2 saturated heterocycles. The van der Waals surface area contributed by atoms with Gasteiger partial charge in [-0.1, -0.05) is 0 Å². The molecule has 2 heterocycles. The fourth-order valence-electron chi connectivity index (χ4n) is 3.62. The minimum atomic E-state index is -5.26. The first-order valence-electron chi connectivity index (χ1n) is 10.0. The second kappa shape index (κ2) is 12.0. The molecule has 0 aromatic carbocycles. The van der Waals surface area contributed by atoms with E-state index in [-0.39, 0.29) is 62.0 Å². The van der Waals surface area contributed by atoms with Crippen molar-refractivity contribution in [2.45, 2.75) is 57.2 Å². The number of aliphatic imine (C=N–C) groups is 1. The van der Waals surface area contributed by atoms with Crippen LogP contribution in [0.2, 0.25) is 0 Å². The summed E-state index contributed by atoms with van der Waals surface area (Å²) in [6.45, 7) is 9.30. The van der Waals surface area contributed by atoms with Crippen molar-refractivity contribution in [1.82, 2.24) is 19.8 Å². The molecule has 30 heavy (non-hydrogen) atoms.